The number of hydrogen-bond donors (Lipinski definition) is 3. The van der Waals surface area contributed by atoms with E-state index in [-0.39, 0.29) is 0 Å². The van der Waals surface area contributed by atoms with Gasteiger partial charge in [0, 0.05) is 0 Å². The molecule has 0 aromatic heterocycles. The minimum Gasteiger partial charge on any atom is -0.283 e. The molecule has 1 aliphatic rings. The molecule has 5 nitrogen and oxygen atoms in total. The molecule has 1 fully saturated rings. The maximum absolute atomic E-state index is 10.0. The molecule has 0 aromatic rings. The highest BCUT2D eigenvalue weighted by Gasteiger charge is 2.14. The smallest absolute Gasteiger partial charge is 0.283 e. The van der Waals surface area contributed by atoms with E-state index < -0.39 is 6.03 Å². The summed E-state index contributed by atoms with van der Waals surface area (Å²) in [4.78, 5) is 10.0. The lowest BCUT2D eigenvalue weighted by Gasteiger charge is -1.95. The first-order chi connectivity index (χ1) is 3.29. The fourth-order valence-electron chi connectivity index (χ4n) is 0.217. The summed E-state index contributed by atoms with van der Waals surface area (Å²) < 4.78 is 2.80. The van der Waals surface area contributed by atoms with Crippen molar-refractivity contribution in [3.63, 3.8) is 0 Å². The molecule has 0 unspecified atom stereocenters. The third-order valence-corrected chi connectivity index (χ3v) is 0.963. The number of rotatable bonds is 0. The molecule has 0 aliphatic carbocycles. The fraction of sp³-hybridized carbons (Fsp3) is 0. The van der Waals surface area contributed by atoms with Crippen molar-refractivity contribution in [2.45, 2.75) is 0 Å². The van der Waals surface area contributed by atoms with E-state index in [2.05, 4.69) is 4.72 Å². The van der Waals surface area contributed by atoms with Gasteiger partial charge in [-0.3, -0.25) is 9.93 Å². The molecule has 1 aliphatic heterocycles. The van der Waals surface area contributed by atoms with E-state index in [0.717, 1.165) is 12.1 Å². The van der Waals surface area contributed by atoms with Crippen LogP contribution in [0.3, 0.4) is 0 Å². The minimum absolute atomic E-state index is 0.410. The van der Waals surface area contributed by atoms with Crippen LogP contribution in [0, 0.1) is 0 Å². The van der Waals surface area contributed by atoms with Gasteiger partial charge in [0.25, 0.3) is 0 Å². The molecule has 0 radical (unpaired) electrons. The summed E-state index contributed by atoms with van der Waals surface area (Å²) in [5.41, 5.74) is 2.02. The Morgan fingerprint density at radius 3 is 2.71 bits per heavy atom. The molecule has 0 atom stereocenters. The quantitative estimate of drug-likeness (QED) is 0.377. The molecule has 0 spiro atoms. The van der Waals surface area contributed by atoms with E-state index in [1.54, 1.807) is 0 Å². The normalized spacial score (nSPS) is 21.6. The van der Waals surface area contributed by atoms with Crippen molar-refractivity contribution in [2.24, 2.45) is 0 Å². The SMILES string of the molecule is O=C1NSN(O)N1. The molecule has 0 saturated carbocycles. The summed E-state index contributed by atoms with van der Waals surface area (Å²) in [6.07, 6.45) is 0. The molecular formula is CH3N3O2S. The summed E-state index contributed by atoms with van der Waals surface area (Å²) in [6, 6.07) is -0.410. The van der Waals surface area contributed by atoms with E-state index in [4.69, 9.17) is 5.21 Å². The molecule has 2 amide bonds. The molecule has 1 heterocycles. The van der Waals surface area contributed by atoms with Crippen molar-refractivity contribution >= 4 is 18.2 Å². The minimum atomic E-state index is -0.410. The number of hydrogen-bond acceptors (Lipinski definition) is 4. The molecule has 40 valence electrons. The summed E-state index contributed by atoms with van der Waals surface area (Å²) in [6.45, 7) is 0. The number of hydrazine groups is 1. The van der Waals surface area contributed by atoms with Gasteiger partial charge in [0.2, 0.25) is 0 Å². The molecule has 0 bridgehead atoms. The predicted octanol–water partition coefficient (Wildman–Crippen LogP) is -0.531. The zero-order chi connectivity index (χ0) is 5.28. The van der Waals surface area contributed by atoms with Crippen LogP contribution in [0.4, 0.5) is 4.79 Å². The van der Waals surface area contributed by atoms with Crippen LogP contribution in [0.2, 0.25) is 0 Å². The van der Waals surface area contributed by atoms with Gasteiger partial charge in [-0.05, 0) is 4.58 Å². The topological polar surface area (TPSA) is 64.6 Å². The van der Waals surface area contributed by atoms with Gasteiger partial charge in [-0.1, -0.05) is 0 Å². The first-order valence-electron chi connectivity index (χ1n) is 1.51. The van der Waals surface area contributed by atoms with Gasteiger partial charge in [0.05, 0.1) is 12.1 Å². The first kappa shape index (κ1) is 4.69. The van der Waals surface area contributed by atoms with E-state index >= 15 is 0 Å². The Bertz CT molecular complexity index is 94.9. The van der Waals surface area contributed by atoms with Gasteiger partial charge in [-0.2, -0.15) is 0 Å². The van der Waals surface area contributed by atoms with E-state index in [1.165, 1.54) is 0 Å². The zero-order valence-electron chi connectivity index (χ0n) is 3.21. The lowest BCUT2D eigenvalue weighted by atomic mass is 11.2. The zero-order valence-corrected chi connectivity index (χ0v) is 4.03. The average Bonchev–Trinajstić information content (AvgIpc) is 1.87. The van der Waals surface area contributed by atoms with Gasteiger partial charge in [0.15, 0.2) is 0 Å². The molecule has 1 saturated heterocycles. The molecule has 1 rings (SSSR count). The van der Waals surface area contributed by atoms with Crippen LogP contribution >= 0.6 is 12.1 Å². The lowest BCUT2D eigenvalue weighted by molar-refractivity contribution is -0.0105. The third-order valence-electron chi connectivity index (χ3n) is 0.422. The standard InChI is InChI=1S/CH3N3O2S/c5-1-2-4(6)7-3-1/h6H,(H2,2,3,5). The van der Waals surface area contributed by atoms with Crippen LogP contribution in [0.1, 0.15) is 0 Å². The summed E-state index contributed by atoms with van der Waals surface area (Å²) in [5.74, 6) is 0. The predicted molar refractivity (Wildman–Crippen MR) is 22.9 cm³/mol. The van der Waals surface area contributed by atoms with Crippen LogP contribution in [0.15, 0.2) is 0 Å². The van der Waals surface area contributed by atoms with Crippen molar-refractivity contribution < 1.29 is 10.0 Å². The Morgan fingerprint density at radius 2 is 2.57 bits per heavy atom. The van der Waals surface area contributed by atoms with Crippen molar-refractivity contribution in [1.29, 1.82) is 0 Å². The number of nitrogens with one attached hydrogen (secondary N) is 2. The van der Waals surface area contributed by atoms with E-state index in [9.17, 15) is 4.79 Å². The second-order valence-corrected chi connectivity index (χ2v) is 1.64. The average molecular weight is 121 g/mol. The number of nitrogens with zero attached hydrogens (tertiary/aromatic N) is 1. The van der Waals surface area contributed by atoms with Crippen molar-refractivity contribution in [3.05, 3.63) is 0 Å². The van der Waals surface area contributed by atoms with E-state index in [0.29, 0.717) is 4.58 Å². The van der Waals surface area contributed by atoms with Gasteiger partial charge < -0.3 is 0 Å². The van der Waals surface area contributed by atoms with Crippen molar-refractivity contribution in [1.82, 2.24) is 14.7 Å². The van der Waals surface area contributed by atoms with E-state index in [1.807, 2.05) is 5.43 Å². The van der Waals surface area contributed by atoms with Gasteiger partial charge >= 0.3 is 6.03 Å². The van der Waals surface area contributed by atoms with Crippen LogP contribution in [0.5, 0.6) is 0 Å². The lowest BCUT2D eigenvalue weighted by Crippen LogP contribution is -2.27. The maximum Gasteiger partial charge on any atom is 0.342 e. The number of carbonyl (C=O) groups excluding carboxylic acids is 1. The first-order valence-corrected chi connectivity index (χ1v) is 2.29. The summed E-state index contributed by atoms with van der Waals surface area (Å²) in [5, 5.41) is 8.30. The third kappa shape index (κ3) is 0.952. The van der Waals surface area contributed by atoms with Gasteiger partial charge in [-0.15, -0.1) is 0 Å². The summed E-state index contributed by atoms with van der Waals surface area (Å²) >= 11 is 0.784. The van der Waals surface area contributed by atoms with Gasteiger partial charge in [-0.25, -0.2) is 10.2 Å². The Balaban J connectivity index is 2.40. The summed E-state index contributed by atoms with van der Waals surface area (Å²) in [7, 11) is 0. The van der Waals surface area contributed by atoms with Crippen LogP contribution in [0.25, 0.3) is 0 Å². The number of urea groups is 1. The Kier molecular flexibility index (Phi) is 1.05. The van der Waals surface area contributed by atoms with Gasteiger partial charge in [0.1, 0.15) is 0 Å². The van der Waals surface area contributed by atoms with Crippen molar-refractivity contribution in [3.8, 4) is 0 Å². The highest BCUT2D eigenvalue weighted by molar-refractivity contribution is 7.95. The molecular weight excluding hydrogens is 118 g/mol. The number of carbonyl (C=O) groups is 1. The second-order valence-electron chi connectivity index (χ2n) is 0.907. The second kappa shape index (κ2) is 1.57. The van der Waals surface area contributed by atoms with Crippen LogP contribution < -0.4 is 10.1 Å². The molecule has 0 aromatic carbocycles. The highest BCUT2D eigenvalue weighted by Crippen LogP contribution is 2.01. The Hall–Kier alpha value is -0.460. The molecule has 6 heteroatoms. The van der Waals surface area contributed by atoms with Crippen LogP contribution in [-0.2, 0) is 0 Å². The molecule has 7 heavy (non-hydrogen) atoms. The monoisotopic (exact) mass is 121 g/mol. The van der Waals surface area contributed by atoms with Crippen LogP contribution in [-0.4, -0.2) is 15.8 Å². The molecule has 3 N–H and O–H groups in total. The Morgan fingerprint density at radius 1 is 1.86 bits per heavy atom. The Labute approximate surface area is 43.9 Å². The largest absolute Gasteiger partial charge is 0.342 e. The fourth-order valence-corrected chi connectivity index (χ4v) is 0.561. The highest BCUT2D eigenvalue weighted by atomic mass is 32.2. The van der Waals surface area contributed by atoms with Crippen molar-refractivity contribution in [2.75, 3.05) is 0 Å². The maximum atomic E-state index is 10.0. The number of amides is 2.